The summed E-state index contributed by atoms with van der Waals surface area (Å²) in [6.45, 7) is 0. The zero-order valence-corrected chi connectivity index (χ0v) is 11.1. The first kappa shape index (κ1) is 14.9. The summed E-state index contributed by atoms with van der Waals surface area (Å²) in [6, 6.07) is 5.76. The number of rotatable bonds is 4. The second kappa shape index (κ2) is 5.44. The van der Waals surface area contributed by atoms with Gasteiger partial charge in [0.05, 0.1) is 10.5 Å². The van der Waals surface area contributed by atoms with Crippen LogP contribution in [0.2, 0.25) is 0 Å². The SMILES string of the molecule is O=C(O)c1cc(S(=O)(=O)Nc2cccc(F)n2)ccc1F. The predicted molar refractivity (Wildman–Crippen MR) is 68.4 cm³/mol. The minimum Gasteiger partial charge on any atom is -0.478 e. The van der Waals surface area contributed by atoms with Gasteiger partial charge < -0.3 is 5.11 Å². The van der Waals surface area contributed by atoms with Gasteiger partial charge in [-0.3, -0.25) is 4.72 Å². The number of sulfonamides is 1. The molecule has 0 aliphatic rings. The molecule has 1 heterocycles. The second-order valence-electron chi connectivity index (χ2n) is 3.90. The van der Waals surface area contributed by atoms with Crippen LogP contribution < -0.4 is 4.72 Å². The first-order chi connectivity index (χ1) is 9.79. The third-order valence-corrected chi connectivity index (χ3v) is 3.78. The molecule has 0 saturated carbocycles. The molecule has 0 saturated heterocycles. The number of hydrogen-bond donors (Lipinski definition) is 2. The lowest BCUT2D eigenvalue weighted by Gasteiger charge is -2.08. The summed E-state index contributed by atoms with van der Waals surface area (Å²) in [4.78, 5) is 13.6. The lowest BCUT2D eigenvalue weighted by molar-refractivity contribution is 0.0691. The van der Waals surface area contributed by atoms with Gasteiger partial charge in [-0.1, -0.05) is 6.07 Å². The Kier molecular flexibility index (Phi) is 3.85. The Morgan fingerprint density at radius 2 is 1.90 bits per heavy atom. The maximum atomic E-state index is 13.2. The molecule has 0 atom stereocenters. The number of benzene rings is 1. The van der Waals surface area contributed by atoms with Crippen LogP contribution in [0.15, 0.2) is 41.3 Å². The summed E-state index contributed by atoms with van der Waals surface area (Å²) in [5.74, 6) is -3.84. The van der Waals surface area contributed by atoms with E-state index in [1.165, 1.54) is 12.1 Å². The van der Waals surface area contributed by atoms with Crippen molar-refractivity contribution in [1.29, 1.82) is 0 Å². The number of anilines is 1. The van der Waals surface area contributed by atoms with E-state index >= 15 is 0 Å². The molecule has 0 aliphatic carbocycles. The van der Waals surface area contributed by atoms with Gasteiger partial charge in [0.25, 0.3) is 10.0 Å². The first-order valence-corrected chi connectivity index (χ1v) is 6.96. The smallest absolute Gasteiger partial charge is 0.338 e. The van der Waals surface area contributed by atoms with Crippen LogP contribution in [-0.4, -0.2) is 24.5 Å². The van der Waals surface area contributed by atoms with E-state index in [0.29, 0.717) is 6.07 Å². The molecule has 0 fully saturated rings. The molecule has 0 unspecified atom stereocenters. The van der Waals surface area contributed by atoms with E-state index < -0.39 is 38.2 Å². The van der Waals surface area contributed by atoms with E-state index in [1.54, 1.807) is 0 Å². The lowest BCUT2D eigenvalue weighted by Crippen LogP contribution is -2.15. The number of aromatic nitrogens is 1. The summed E-state index contributed by atoms with van der Waals surface area (Å²) < 4.78 is 52.1. The number of aromatic carboxylic acids is 1. The van der Waals surface area contributed by atoms with Gasteiger partial charge in [0.1, 0.15) is 11.6 Å². The largest absolute Gasteiger partial charge is 0.478 e. The van der Waals surface area contributed by atoms with Crippen LogP contribution in [0.1, 0.15) is 10.4 Å². The summed E-state index contributed by atoms with van der Waals surface area (Å²) in [5.41, 5.74) is -0.787. The van der Waals surface area contributed by atoms with Crippen molar-refractivity contribution >= 4 is 21.8 Å². The lowest BCUT2D eigenvalue weighted by atomic mass is 10.2. The molecule has 2 aromatic rings. The summed E-state index contributed by atoms with van der Waals surface area (Å²) in [6.07, 6.45) is 0. The molecule has 0 aliphatic heterocycles. The van der Waals surface area contributed by atoms with Gasteiger partial charge in [-0.25, -0.2) is 22.6 Å². The van der Waals surface area contributed by atoms with Crippen molar-refractivity contribution in [3.05, 3.63) is 53.7 Å². The van der Waals surface area contributed by atoms with Crippen LogP contribution in [0.4, 0.5) is 14.6 Å². The van der Waals surface area contributed by atoms with Crippen molar-refractivity contribution in [3.8, 4) is 0 Å². The number of pyridine rings is 1. The Morgan fingerprint density at radius 1 is 1.19 bits per heavy atom. The van der Waals surface area contributed by atoms with Crippen LogP contribution in [-0.2, 0) is 10.0 Å². The fourth-order valence-electron chi connectivity index (χ4n) is 1.50. The average molecular weight is 314 g/mol. The third-order valence-electron chi connectivity index (χ3n) is 2.43. The van der Waals surface area contributed by atoms with E-state index in [0.717, 1.165) is 18.2 Å². The molecule has 0 radical (unpaired) electrons. The zero-order chi connectivity index (χ0) is 15.6. The van der Waals surface area contributed by atoms with Gasteiger partial charge in [0, 0.05) is 0 Å². The number of halogens is 2. The van der Waals surface area contributed by atoms with Crippen molar-refractivity contribution in [2.75, 3.05) is 4.72 Å². The van der Waals surface area contributed by atoms with Crippen LogP contribution in [0, 0.1) is 11.8 Å². The Hall–Kier alpha value is -2.55. The quantitative estimate of drug-likeness (QED) is 0.840. The van der Waals surface area contributed by atoms with Gasteiger partial charge in [0.2, 0.25) is 5.95 Å². The van der Waals surface area contributed by atoms with Crippen molar-refractivity contribution in [2.24, 2.45) is 0 Å². The number of carbonyl (C=O) groups is 1. The Balaban J connectivity index is 2.40. The minimum absolute atomic E-state index is 0.281. The maximum Gasteiger partial charge on any atom is 0.338 e. The van der Waals surface area contributed by atoms with Crippen LogP contribution in [0.5, 0.6) is 0 Å². The molecule has 2 rings (SSSR count). The highest BCUT2D eigenvalue weighted by molar-refractivity contribution is 7.92. The molecule has 1 aromatic heterocycles. The molecular weight excluding hydrogens is 306 g/mol. The molecule has 21 heavy (non-hydrogen) atoms. The highest BCUT2D eigenvalue weighted by Gasteiger charge is 2.19. The van der Waals surface area contributed by atoms with E-state index in [9.17, 15) is 22.0 Å². The fourth-order valence-corrected chi connectivity index (χ4v) is 2.52. The van der Waals surface area contributed by atoms with E-state index in [2.05, 4.69) is 4.98 Å². The molecule has 9 heteroatoms. The maximum absolute atomic E-state index is 13.2. The number of nitrogens with one attached hydrogen (secondary N) is 1. The predicted octanol–water partition coefficient (Wildman–Crippen LogP) is 1.86. The molecule has 6 nitrogen and oxygen atoms in total. The number of carboxylic acids is 1. The molecular formula is C12H8F2N2O4S. The summed E-state index contributed by atoms with van der Waals surface area (Å²) >= 11 is 0. The number of hydrogen-bond acceptors (Lipinski definition) is 4. The first-order valence-electron chi connectivity index (χ1n) is 5.48. The van der Waals surface area contributed by atoms with Crippen molar-refractivity contribution < 1.29 is 27.1 Å². The van der Waals surface area contributed by atoms with Gasteiger partial charge in [-0.05, 0) is 30.3 Å². The van der Waals surface area contributed by atoms with Crippen LogP contribution in [0.25, 0.3) is 0 Å². The second-order valence-corrected chi connectivity index (χ2v) is 5.58. The van der Waals surface area contributed by atoms with E-state index in [-0.39, 0.29) is 5.82 Å². The van der Waals surface area contributed by atoms with E-state index in [1.807, 2.05) is 4.72 Å². The highest BCUT2D eigenvalue weighted by Crippen LogP contribution is 2.18. The summed E-state index contributed by atoms with van der Waals surface area (Å²) in [7, 11) is -4.21. The zero-order valence-electron chi connectivity index (χ0n) is 10.2. The Bertz CT molecular complexity index is 809. The molecule has 0 spiro atoms. The molecule has 110 valence electrons. The molecule has 0 bridgehead atoms. The summed E-state index contributed by atoms with van der Waals surface area (Å²) in [5, 5.41) is 8.76. The standard InChI is InChI=1S/C12H8F2N2O4S/c13-9-5-4-7(6-8(9)12(17)18)21(19,20)16-11-3-1-2-10(14)15-11/h1-6H,(H,15,16)(H,17,18). The van der Waals surface area contributed by atoms with Crippen molar-refractivity contribution in [3.63, 3.8) is 0 Å². The fraction of sp³-hybridized carbons (Fsp3) is 0. The molecule has 0 amide bonds. The van der Waals surface area contributed by atoms with Gasteiger partial charge in [0.15, 0.2) is 0 Å². The van der Waals surface area contributed by atoms with E-state index in [4.69, 9.17) is 5.11 Å². The number of carboxylic acid groups (broad SMARTS) is 1. The van der Waals surface area contributed by atoms with Crippen LogP contribution >= 0.6 is 0 Å². The Labute approximate surface area is 118 Å². The van der Waals surface area contributed by atoms with Crippen LogP contribution in [0.3, 0.4) is 0 Å². The highest BCUT2D eigenvalue weighted by atomic mass is 32.2. The van der Waals surface area contributed by atoms with Gasteiger partial charge in [-0.2, -0.15) is 4.39 Å². The van der Waals surface area contributed by atoms with Crippen molar-refractivity contribution in [1.82, 2.24) is 4.98 Å². The topological polar surface area (TPSA) is 96.4 Å². The molecule has 2 N–H and O–H groups in total. The Morgan fingerprint density at radius 3 is 2.52 bits per heavy atom. The normalized spacial score (nSPS) is 11.1. The van der Waals surface area contributed by atoms with Gasteiger partial charge in [-0.15, -0.1) is 0 Å². The monoisotopic (exact) mass is 314 g/mol. The average Bonchev–Trinajstić information content (AvgIpc) is 2.38. The van der Waals surface area contributed by atoms with Gasteiger partial charge >= 0.3 is 5.97 Å². The molecule has 1 aromatic carbocycles. The van der Waals surface area contributed by atoms with Crippen molar-refractivity contribution in [2.45, 2.75) is 4.90 Å². The minimum atomic E-state index is -4.21. The number of nitrogens with zero attached hydrogens (tertiary/aromatic N) is 1. The third kappa shape index (κ3) is 3.31.